The SMILES string of the molecule is c1ccc(-c2nc3c4ccccc4c4ccccc4c3nc2-c2cccc(-n3c4ccccc4c4cc(-c5ccc6c(c5)c5ccccc5n6-c5ccccc5)ccc43)c2)cc1. The minimum Gasteiger partial charge on any atom is -0.309 e. The molecule has 0 fully saturated rings. The van der Waals surface area contributed by atoms with Crippen molar-refractivity contribution in [3.63, 3.8) is 0 Å². The first-order valence-corrected chi connectivity index (χ1v) is 21.2. The summed E-state index contributed by atoms with van der Waals surface area (Å²) in [6.45, 7) is 0. The molecule has 0 saturated heterocycles. The minimum atomic E-state index is 0.859. The van der Waals surface area contributed by atoms with Gasteiger partial charge in [-0.3, -0.25) is 0 Å². The molecule has 0 unspecified atom stereocenters. The number of hydrogen-bond donors (Lipinski definition) is 0. The zero-order valence-electron chi connectivity index (χ0n) is 33.6. The molecule has 0 saturated carbocycles. The van der Waals surface area contributed by atoms with Crippen LogP contribution < -0.4 is 0 Å². The topological polar surface area (TPSA) is 35.6 Å². The highest BCUT2D eigenvalue weighted by Gasteiger charge is 2.20. The van der Waals surface area contributed by atoms with E-state index < -0.39 is 0 Å². The van der Waals surface area contributed by atoms with Gasteiger partial charge in [0.25, 0.3) is 0 Å². The minimum absolute atomic E-state index is 0.859. The highest BCUT2D eigenvalue weighted by Crippen LogP contribution is 2.41. The second-order valence-corrected chi connectivity index (χ2v) is 16.1. The third kappa shape index (κ3) is 5.20. The average Bonchev–Trinajstić information content (AvgIpc) is 3.86. The van der Waals surface area contributed by atoms with E-state index in [1.165, 1.54) is 54.5 Å². The molecule has 3 aromatic heterocycles. The van der Waals surface area contributed by atoms with E-state index in [0.29, 0.717) is 0 Å². The van der Waals surface area contributed by atoms with Crippen LogP contribution in [0, 0.1) is 0 Å². The highest BCUT2D eigenvalue weighted by atomic mass is 15.0. The van der Waals surface area contributed by atoms with Crippen LogP contribution in [0.25, 0.3) is 121 Å². The van der Waals surface area contributed by atoms with E-state index in [-0.39, 0.29) is 0 Å². The van der Waals surface area contributed by atoms with Gasteiger partial charge in [0.15, 0.2) is 0 Å². The predicted octanol–water partition coefficient (Wildman–Crippen LogP) is 15.1. The summed E-state index contributed by atoms with van der Waals surface area (Å²) in [5, 5.41) is 9.49. The Hall–Kier alpha value is -8.34. The van der Waals surface area contributed by atoms with Crippen molar-refractivity contribution in [2.75, 3.05) is 0 Å². The molecule has 0 bridgehead atoms. The van der Waals surface area contributed by atoms with Gasteiger partial charge in [-0.05, 0) is 82.6 Å². The van der Waals surface area contributed by atoms with E-state index in [4.69, 9.17) is 9.97 Å². The Morgan fingerprint density at radius 2 is 0.645 bits per heavy atom. The largest absolute Gasteiger partial charge is 0.309 e. The Kier molecular flexibility index (Phi) is 7.57. The Morgan fingerprint density at radius 1 is 0.242 bits per heavy atom. The summed E-state index contributed by atoms with van der Waals surface area (Å²) in [6, 6.07) is 78.4. The first kappa shape index (κ1) is 34.5. The summed E-state index contributed by atoms with van der Waals surface area (Å²) in [5.74, 6) is 0. The molecular weight excluding hydrogens is 753 g/mol. The number of para-hydroxylation sites is 3. The quantitative estimate of drug-likeness (QED) is 0.163. The zero-order valence-corrected chi connectivity index (χ0v) is 33.6. The van der Waals surface area contributed by atoms with Gasteiger partial charge < -0.3 is 9.13 Å². The van der Waals surface area contributed by atoms with Crippen LogP contribution in [0.15, 0.2) is 218 Å². The van der Waals surface area contributed by atoms with Crippen LogP contribution in [0.5, 0.6) is 0 Å². The molecular formula is C58H36N4. The third-order valence-corrected chi connectivity index (χ3v) is 12.7. The van der Waals surface area contributed by atoms with Crippen molar-refractivity contribution < 1.29 is 0 Å². The first-order chi connectivity index (χ1) is 30.8. The lowest BCUT2D eigenvalue weighted by Crippen LogP contribution is -1.99. The fourth-order valence-electron chi connectivity index (χ4n) is 9.89. The highest BCUT2D eigenvalue weighted by molar-refractivity contribution is 6.23. The van der Waals surface area contributed by atoms with Crippen LogP contribution in [0.1, 0.15) is 0 Å². The number of aromatic nitrogens is 4. The number of hydrogen-bond acceptors (Lipinski definition) is 2. The predicted molar refractivity (Wildman–Crippen MR) is 260 cm³/mol. The monoisotopic (exact) mass is 788 g/mol. The van der Waals surface area contributed by atoms with Crippen LogP contribution in [0.3, 0.4) is 0 Å². The lowest BCUT2D eigenvalue weighted by molar-refractivity contribution is 1.18. The molecule has 4 heteroatoms. The van der Waals surface area contributed by atoms with Gasteiger partial charge in [-0.1, -0.05) is 158 Å². The van der Waals surface area contributed by atoms with Crippen molar-refractivity contribution in [3.05, 3.63) is 218 Å². The van der Waals surface area contributed by atoms with Crippen molar-refractivity contribution in [1.29, 1.82) is 0 Å². The van der Waals surface area contributed by atoms with Crippen LogP contribution in [-0.4, -0.2) is 19.1 Å². The number of rotatable bonds is 5. The van der Waals surface area contributed by atoms with Crippen LogP contribution >= 0.6 is 0 Å². The molecule has 62 heavy (non-hydrogen) atoms. The molecule has 10 aromatic carbocycles. The summed E-state index contributed by atoms with van der Waals surface area (Å²) < 4.78 is 4.77. The molecule has 4 nitrogen and oxygen atoms in total. The first-order valence-electron chi connectivity index (χ1n) is 21.2. The van der Waals surface area contributed by atoms with Gasteiger partial charge in [0.1, 0.15) is 0 Å². The maximum absolute atomic E-state index is 5.58. The molecule has 0 aliphatic rings. The fourth-order valence-corrected chi connectivity index (χ4v) is 9.89. The lowest BCUT2D eigenvalue weighted by atomic mass is 9.97. The third-order valence-electron chi connectivity index (χ3n) is 12.7. The van der Waals surface area contributed by atoms with Gasteiger partial charge in [-0.2, -0.15) is 0 Å². The van der Waals surface area contributed by atoms with Crippen LogP contribution in [0.2, 0.25) is 0 Å². The Morgan fingerprint density at radius 3 is 1.21 bits per heavy atom. The molecule has 0 atom stereocenters. The standard InChI is InChI=1S/C58H36N4/c1-3-16-37(17-4-1)55-56(60-58-48-27-10-8-23-44(48)43-22-7-9-26-47(43)57(58)59-55)40-18-15-21-42(34-40)62-52-29-14-12-25-46(52)50-36-39(31-33-54(50)62)38-30-32-53-49(35-38)45-24-11-13-28-51(45)61(53)41-19-5-2-6-20-41/h1-36H. The van der Waals surface area contributed by atoms with E-state index in [1.807, 2.05) is 0 Å². The van der Waals surface area contributed by atoms with Gasteiger partial charge >= 0.3 is 0 Å². The van der Waals surface area contributed by atoms with Crippen molar-refractivity contribution in [2.24, 2.45) is 0 Å². The summed E-state index contributed by atoms with van der Waals surface area (Å²) in [6.07, 6.45) is 0. The molecule has 0 radical (unpaired) electrons. The normalized spacial score (nSPS) is 11.9. The van der Waals surface area contributed by atoms with Gasteiger partial charge in [-0.15, -0.1) is 0 Å². The Bertz CT molecular complexity index is 3920. The summed E-state index contributed by atoms with van der Waals surface area (Å²) in [4.78, 5) is 11.1. The number of nitrogens with zero attached hydrogens (tertiary/aromatic N) is 4. The van der Waals surface area contributed by atoms with E-state index in [0.717, 1.165) is 66.7 Å². The number of fused-ring (bicyclic) bond motifs is 12. The fraction of sp³-hybridized carbons (Fsp3) is 0. The van der Waals surface area contributed by atoms with E-state index in [9.17, 15) is 0 Å². The molecule has 0 aliphatic heterocycles. The van der Waals surface area contributed by atoms with Gasteiger partial charge in [0, 0.05) is 54.8 Å². The van der Waals surface area contributed by atoms with Crippen molar-refractivity contribution in [3.8, 4) is 45.0 Å². The molecule has 13 rings (SSSR count). The second kappa shape index (κ2) is 13.6. The number of benzene rings is 10. The van der Waals surface area contributed by atoms with Crippen molar-refractivity contribution >= 4 is 76.2 Å². The molecule has 13 aromatic rings. The maximum atomic E-state index is 5.58. The van der Waals surface area contributed by atoms with Gasteiger partial charge in [0.05, 0.1) is 44.5 Å². The maximum Gasteiger partial charge on any atom is 0.0979 e. The van der Waals surface area contributed by atoms with E-state index in [2.05, 4.69) is 228 Å². The zero-order chi connectivity index (χ0) is 40.7. The van der Waals surface area contributed by atoms with Gasteiger partial charge in [-0.25, -0.2) is 9.97 Å². The smallest absolute Gasteiger partial charge is 0.0979 e. The summed E-state index contributed by atoms with van der Waals surface area (Å²) >= 11 is 0. The summed E-state index contributed by atoms with van der Waals surface area (Å²) in [5.41, 5.74) is 14.9. The second-order valence-electron chi connectivity index (χ2n) is 16.1. The van der Waals surface area contributed by atoms with Crippen LogP contribution in [0.4, 0.5) is 0 Å². The van der Waals surface area contributed by atoms with Crippen LogP contribution in [-0.2, 0) is 0 Å². The lowest BCUT2D eigenvalue weighted by Gasteiger charge is -2.15. The average molecular weight is 789 g/mol. The molecule has 0 aliphatic carbocycles. The summed E-state index contributed by atoms with van der Waals surface area (Å²) in [7, 11) is 0. The van der Waals surface area contributed by atoms with Gasteiger partial charge in [0.2, 0.25) is 0 Å². The van der Waals surface area contributed by atoms with Crippen molar-refractivity contribution in [1.82, 2.24) is 19.1 Å². The Labute approximate surface area is 357 Å². The molecule has 0 N–H and O–H groups in total. The molecule has 288 valence electrons. The molecule has 3 heterocycles. The van der Waals surface area contributed by atoms with E-state index >= 15 is 0 Å². The molecule has 0 spiro atoms. The van der Waals surface area contributed by atoms with Crippen molar-refractivity contribution in [2.45, 2.75) is 0 Å². The molecule has 0 amide bonds. The Balaban J connectivity index is 0.992. The van der Waals surface area contributed by atoms with E-state index in [1.54, 1.807) is 0 Å².